The molecule has 1 saturated heterocycles. The molecule has 0 spiro atoms. The number of aryl methyl sites for hydroxylation is 1. The second-order valence-corrected chi connectivity index (χ2v) is 5.71. The summed E-state index contributed by atoms with van der Waals surface area (Å²) in [5.74, 6) is 0.928. The van der Waals surface area contributed by atoms with Gasteiger partial charge in [-0.1, -0.05) is 11.6 Å². The van der Waals surface area contributed by atoms with Crippen molar-refractivity contribution >= 4 is 17.4 Å². The number of carbonyl (C=O) groups excluding carboxylic acids is 1. The zero-order valence-electron chi connectivity index (χ0n) is 12.4. The molecule has 4 heteroatoms. The van der Waals surface area contributed by atoms with Crippen LogP contribution in [0, 0.1) is 19.8 Å². The van der Waals surface area contributed by atoms with E-state index in [-0.39, 0.29) is 11.7 Å². The van der Waals surface area contributed by atoms with Crippen LogP contribution in [-0.4, -0.2) is 25.5 Å². The predicted molar refractivity (Wildman–Crippen MR) is 82.0 cm³/mol. The zero-order chi connectivity index (χ0) is 14.7. The number of rotatable bonds is 4. The van der Waals surface area contributed by atoms with Gasteiger partial charge in [-0.05, 0) is 63.9 Å². The number of halogens is 1. The summed E-state index contributed by atoms with van der Waals surface area (Å²) in [5, 5.41) is 3.96. The Morgan fingerprint density at radius 2 is 2.05 bits per heavy atom. The molecule has 0 bridgehead atoms. The number of carbonyl (C=O) groups is 1. The van der Waals surface area contributed by atoms with Gasteiger partial charge in [-0.3, -0.25) is 4.79 Å². The molecule has 1 heterocycles. The molecule has 0 aliphatic carbocycles. The fourth-order valence-corrected chi connectivity index (χ4v) is 2.94. The fraction of sp³-hybridized carbons (Fsp3) is 0.562. The van der Waals surface area contributed by atoms with E-state index in [1.807, 2.05) is 26.8 Å². The molecule has 2 rings (SSSR count). The van der Waals surface area contributed by atoms with Crippen LogP contribution in [0.15, 0.2) is 6.07 Å². The first kappa shape index (κ1) is 15.3. The first-order valence-electron chi connectivity index (χ1n) is 7.23. The number of nitrogens with one attached hydrogen (secondary N) is 1. The maximum absolute atomic E-state index is 12.8. The van der Waals surface area contributed by atoms with Crippen LogP contribution in [0.4, 0.5) is 0 Å². The molecule has 0 unspecified atom stereocenters. The molecule has 0 aromatic heterocycles. The second-order valence-electron chi connectivity index (χ2n) is 5.33. The molecule has 1 N–H and O–H groups in total. The molecule has 0 atom stereocenters. The van der Waals surface area contributed by atoms with E-state index in [2.05, 4.69) is 5.32 Å². The lowest BCUT2D eigenvalue weighted by Gasteiger charge is -2.24. The third kappa shape index (κ3) is 2.99. The van der Waals surface area contributed by atoms with Crippen LogP contribution >= 0.6 is 11.6 Å². The summed E-state index contributed by atoms with van der Waals surface area (Å²) in [4.78, 5) is 12.8. The van der Waals surface area contributed by atoms with E-state index < -0.39 is 0 Å². The average molecular weight is 296 g/mol. The molecular formula is C16H22ClNO2. The summed E-state index contributed by atoms with van der Waals surface area (Å²) in [7, 11) is 0. The van der Waals surface area contributed by atoms with Gasteiger partial charge in [-0.25, -0.2) is 0 Å². The Morgan fingerprint density at radius 1 is 1.40 bits per heavy atom. The fourth-order valence-electron chi connectivity index (χ4n) is 2.79. The third-order valence-electron chi connectivity index (χ3n) is 3.90. The number of benzene rings is 1. The van der Waals surface area contributed by atoms with Crippen LogP contribution in [0.3, 0.4) is 0 Å². The van der Waals surface area contributed by atoms with Crippen molar-refractivity contribution in [3.05, 3.63) is 27.8 Å². The van der Waals surface area contributed by atoms with Gasteiger partial charge in [0.2, 0.25) is 0 Å². The first-order chi connectivity index (χ1) is 9.56. The van der Waals surface area contributed by atoms with E-state index in [4.69, 9.17) is 16.3 Å². The Bertz CT molecular complexity index is 508. The Kier molecular flexibility index (Phi) is 5.06. The van der Waals surface area contributed by atoms with Crippen LogP contribution in [0.5, 0.6) is 5.75 Å². The van der Waals surface area contributed by atoms with Crippen molar-refractivity contribution in [3.8, 4) is 5.75 Å². The van der Waals surface area contributed by atoms with E-state index in [1.54, 1.807) is 0 Å². The van der Waals surface area contributed by atoms with Crippen molar-refractivity contribution in [3.63, 3.8) is 0 Å². The Morgan fingerprint density at radius 3 is 2.65 bits per heavy atom. The van der Waals surface area contributed by atoms with E-state index in [0.717, 1.165) is 37.1 Å². The van der Waals surface area contributed by atoms with E-state index in [0.29, 0.717) is 22.9 Å². The minimum absolute atomic E-state index is 0.0768. The van der Waals surface area contributed by atoms with Crippen molar-refractivity contribution in [2.75, 3.05) is 19.7 Å². The minimum Gasteiger partial charge on any atom is -0.493 e. The lowest BCUT2D eigenvalue weighted by Crippen LogP contribution is -2.32. The van der Waals surface area contributed by atoms with E-state index in [1.165, 1.54) is 0 Å². The van der Waals surface area contributed by atoms with Gasteiger partial charge in [0.15, 0.2) is 5.78 Å². The van der Waals surface area contributed by atoms with Crippen LogP contribution in [0.1, 0.15) is 41.3 Å². The van der Waals surface area contributed by atoms with Crippen molar-refractivity contribution < 1.29 is 9.53 Å². The minimum atomic E-state index is 0.0768. The van der Waals surface area contributed by atoms with Crippen molar-refractivity contribution in [2.45, 2.75) is 33.6 Å². The number of hydrogen-bond donors (Lipinski definition) is 1. The SMILES string of the molecule is CCOc1cc(C)c(Cl)c(C)c1C(=O)C1CCNCC1. The molecule has 1 aromatic rings. The Balaban J connectivity index is 2.42. The average Bonchev–Trinajstić information content (AvgIpc) is 2.46. The van der Waals surface area contributed by atoms with Crippen LogP contribution < -0.4 is 10.1 Å². The lowest BCUT2D eigenvalue weighted by atomic mass is 9.87. The highest BCUT2D eigenvalue weighted by Crippen LogP contribution is 2.34. The first-order valence-corrected chi connectivity index (χ1v) is 7.61. The van der Waals surface area contributed by atoms with Crippen LogP contribution in [0.25, 0.3) is 0 Å². The molecule has 0 amide bonds. The number of hydrogen-bond acceptors (Lipinski definition) is 3. The molecule has 110 valence electrons. The molecular weight excluding hydrogens is 274 g/mol. The topological polar surface area (TPSA) is 38.3 Å². The predicted octanol–water partition coefficient (Wildman–Crippen LogP) is 3.54. The van der Waals surface area contributed by atoms with Gasteiger partial charge in [0, 0.05) is 10.9 Å². The molecule has 1 aromatic carbocycles. The van der Waals surface area contributed by atoms with Gasteiger partial charge in [0.25, 0.3) is 0 Å². The van der Waals surface area contributed by atoms with Gasteiger partial charge >= 0.3 is 0 Å². The van der Waals surface area contributed by atoms with E-state index >= 15 is 0 Å². The highest BCUT2D eigenvalue weighted by atomic mass is 35.5. The Hall–Kier alpha value is -1.06. The highest BCUT2D eigenvalue weighted by molar-refractivity contribution is 6.32. The second kappa shape index (κ2) is 6.59. The smallest absolute Gasteiger partial charge is 0.170 e. The number of ketones is 1. The molecule has 20 heavy (non-hydrogen) atoms. The van der Waals surface area contributed by atoms with Crippen molar-refractivity contribution in [1.82, 2.24) is 5.32 Å². The maximum Gasteiger partial charge on any atom is 0.170 e. The monoisotopic (exact) mass is 295 g/mol. The van der Waals surface area contributed by atoms with Crippen LogP contribution in [0.2, 0.25) is 5.02 Å². The van der Waals surface area contributed by atoms with Crippen LogP contribution in [-0.2, 0) is 0 Å². The maximum atomic E-state index is 12.8. The summed E-state index contributed by atoms with van der Waals surface area (Å²) < 4.78 is 5.67. The van der Waals surface area contributed by atoms with Gasteiger partial charge in [0.1, 0.15) is 5.75 Å². The third-order valence-corrected chi connectivity index (χ3v) is 4.48. The Labute approximate surface area is 125 Å². The summed E-state index contributed by atoms with van der Waals surface area (Å²) in [6.45, 7) is 8.13. The molecule has 0 saturated carbocycles. The van der Waals surface area contributed by atoms with Gasteiger partial charge in [0.05, 0.1) is 12.2 Å². The quantitative estimate of drug-likeness (QED) is 0.864. The molecule has 1 aliphatic heterocycles. The van der Waals surface area contributed by atoms with Gasteiger partial charge in [-0.15, -0.1) is 0 Å². The lowest BCUT2D eigenvalue weighted by molar-refractivity contribution is 0.0890. The standard InChI is InChI=1S/C16H22ClNO2/c1-4-20-13-9-10(2)15(17)11(3)14(13)16(19)12-5-7-18-8-6-12/h9,12,18H,4-8H2,1-3H3. The normalized spacial score (nSPS) is 16.2. The molecule has 3 nitrogen and oxygen atoms in total. The highest BCUT2D eigenvalue weighted by Gasteiger charge is 2.27. The summed E-state index contributed by atoms with van der Waals surface area (Å²) >= 11 is 6.32. The van der Waals surface area contributed by atoms with Crippen molar-refractivity contribution in [1.29, 1.82) is 0 Å². The molecule has 1 fully saturated rings. The molecule has 0 radical (unpaired) electrons. The molecule has 1 aliphatic rings. The number of Topliss-reactive ketones (excluding diaryl/α,β-unsaturated/α-hetero) is 1. The van der Waals surface area contributed by atoms with Crippen molar-refractivity contribution in [2.24, 2.45) is 5.92 Å². The summed E-state index contributed by atoms with van der Waals surface area (Å²) in [6, 6.07) is 1.88. The number of ether oxygens (including phenoxy) is 1. The van der Waals surface area contributed by atoms with E-state index in [9.17, 15) is 4.79 Å². The summed E-state index contributed by atoms with van der Waals surface area (Å²) in [6.07, 6.45) is 1.77. The van der Waals surface area contributed by atoms with Gasteiger partial charge in [-0.2, -0.15) is 0 Å². The van der Waals surface area contributed by atoms with Gasteiger partial charge < -0.3 is 10.1 Å². The number of piperidine rings is 1. The largest absolute Gasteiger partial charge is 0.493 e. The zero-order valence-corrected chi connectivity index (χ0v) is 13.1. The summed E-state index contributed by atoms with van der Waals surface area (Å²) in [5.41, 5.74) is 2.47.